The maximum atomic E-state index is 13.8. The molecule has 0 saturated heterocycles. The van der Waals surface area contributed by atoms with Crippen LogP contribution >= 0.6 is 0 Å². The molecule has 4 aromatic carbocycles. The topological polar surface area (TPSA) is 113 Å². The van der Waals surface area contributed by atoms with E-state index in [4.69, 9.17) is 4.55 Å². The van der Waals surface area contributed by atoms with Crippen molar-refractivity contribution in [1.82, 2.24) is 5.32 Å². The molecule has 0 radical (unpaired) electrons. The fraction of sp³-hybridized carbons (Fsp3) is 0.257. The first-order valence-corrected chi connectivity index (χ1v) is 15.9. The highest BCUT2D eigenvalue weighted by atomic mass is 32.2. The van der Waals surface area contributed by atoms with E-state index < -0.39 is 27.7 Å². The zero-order chi connectivity index (χ0) is 32.1. The SMILES string of the molecule is Cc1cc(CC(C(=O)Nc2ccc(-c3ccc(F)cc3)cc2)c2ccc(C(C)(C)C)cc2)ccc1C(=O)NCCS(=O)(=O)O. The summed E-state index contributed by atoms with van der Waals surface area (Å²) in [5, 5.41) is 5.54. The van der Waals surface area contributed by atoms with E-state index in [-0.39, 0.29) is 23.7 Å². The van der Waals surface area contributed by atoms with Gasteiger partial charge in [-0.25, -0.2) is 4.39 Å². The molecular formula is C35H37FN2O5S. The molecule has 0 heterocycles. The highest BCUT2D eigenvalue weighted by Crippen LogP contribution is 2.29. The number of carbonyl (C=O) groups excluding carboxylic acids is 2. The Balaban J connectivity index is 1.55. The summed E-state index contributed by atoms with van der Waals surface area (Å²) in [6.07, 6.45) is 0.375. The van der Waals surface area contributed by atoms with E-state index in [1.807, 2.05) is 54.6 Å². The number of rotatable bonds is 10. The van der Waals surface area contributed by atoms with Gasteiger partial charge in [0.2, 0.25) is 5.91 Å². The number of carbonyl (C=O) groups is 2. The molecule has 7 nitrogen and oxygen atoms in total. The summed E-state index contributed by atoms with van der Waals surface area (Å²) in [4.78, 5) is 26.4. The second kappa shape index (κ2) is 13.5. The van der Waals surface area contributed by atoms with Crippen LogP contribution in [-0.4, -0.2) is 37.1 Å². The molecule has 1 atom stereocenters. The van der Waals surface area contributed by atoms with Crippen molar-refractivity contribution in [1.29, 1.82) is 0 Å². The molecule has 0 aliphatic heterocycles. The Labute approximate surface area is 258 Å². The lowest BCUT2D eigenvalue weighted by atomic mass is 9.84. The van der Waals surface area contributed by atoms with Gasteiger partial charge in [0.15, 0.2) is 0 Å². The Morgan fingerprint density at radius 2 is 1.45 bits per heavy atom. The number of amides is 2. The molecule has 0 spiro atoms. The smallest absolute Gasteiger partial charge is 0.266 e. The van der Waals surface area contributed by atoms with Crippen molar-refractivity contribution in [2.75, 3.05) is 17.6 Å². The Bertz CT molecular complexity index is 1730. The maximum Gasteiger partial charge on any atom is 0.266 e. The van der Waals surface area contributed by atoms with E-state index in [9.17, 15) is 22.4 Å². The number of aryl methyl sites for hydroxylation is 1. The molecule has 0 aliphatic carbocycles. The zero-order valence-corrected chi connectivity index (χ0v) is 26.0. The van der Waals surface area contributed by atoms with Gasteiger partial charge in [-0.1, -0.05) is 81.4 Å². The lowest BCUT2D eigenvalue weighted by Crippen LogP contribution is -2.29. The molecule has 9 heteroatoms. The van der Waals surface area contributed by atoms with Crippen LogP contribution in [0.1, 0.15) is 59.3 Å². The molecule has 0 aromatic heterocycles. The van der Waals surface area contributed by atoms with Crippen LogP contribution < -0.4 is 10.6 Å². The molecule has 0 bridgehead atoms. The normalized spacial score (nSPS) is 12.4. The molecule has 0 fully saturated rings. The summed E-state index contributed by atoms with van der Waals surface area (Å²) in [5.41, 5.74) is 6.25. The third kappa shape index (κ3) is 8.84. The first-order chi connectivity index (χ1) is 20.7. The van der Waals surface area contributed by atoms with Gasteiger partial charge in [0.05, 0.1) is 11.7 Å². The number of anilines is 1. The van der Waals surface area contributed by atoms with Gasteiger partial charge < -0.3 is 10.6 Å². The van der Waals surface area contributed by atoms with E-state index in [1.165, 1.54) is 12.1 Å². The van der Waals surface area contributed by atoms with E-state index in [0.29, 0.717) is 23.2 Å². The first kappa shape index (κ1) is 32.6. The van der Waals surface area contributed by atoms with Crippen molar-refractivity contribution in [2.45, 2.75) is 45.4 Å². The quantitative estimate of drug-likeness (QED) is 0.172. The Hall–Kier alpha value is -4.34. The van der Waals surface area contributed by atoms with Crippen LogP contribution in [0.3, 0.4) is 0 Å². The third-order valence-electron chi connectivity index (χ3n) is 7.45. The predicted molar refractivity (Wildman–Crippen MR) is 172 cm³/mol. The van der Waals surface area contributed by atoms with Crippen LogP contribution in [0.4, 0.5) is 10.1 Å². The first-order valence-electron chi connectivity index (χ1n) is 14.3. The van der Waals surface area contributed by atoms with Crippen LogP contribution in [0.2, 0.25) is 0 Å². The van der Waals surface area contributed by atoms with Crippen molar-refractivity contribution < 1.29 is 27.0 Å². The summed E-state index contributed by atoms with van der Waals surface area (Å²) in [7, 11) is -4.18. The highest BCUT2D eigenvalue weighted by Gasteiger charge is 2.23. The van der Waals surface area contributed by atoms with Crippen molar-refractivity contribution in [2.24, 2.45) is 0 Å². The van der Waals surface area contributed by atoms with Crippen LogP contribution in [-0.2, 0) is 26.7 Å². The van der Waals surface area contributed by atoms with Gasteiger partial charge in [0.25, 0.3) is 16.0 Å². The fourth-order valence-corrected chi connectivity index (χ4v) is 5.29. The molecule has 230 valence electrons. The molecule has 2 amide bonds. The molecule has 0 saturated carbocycles. The molecule has 4 rings (SSSR count). The van der Waals surface area contributed by atoms with E-state index in [2.05, 4.69) is 31.4 Å². The number of hydrogen-bond donors (Lipinski definition) is 3. The Morgan fingerprint density at radius 3 is 2.00 bits per heavy atom. The van der Waals surface area contributed by atoms with Crippen LogP contribution in [0.25, 0.3) is 11.1 Å². The van der Waals surface area contributed by atoms with E-state index in [1.54, 1.807) is 31.2 Å². The maximum absolute atomic E-state index is 13.8. The standard InChI is InChI=1S/C35H37FN2O5S/c1-23-21-24(5-18-31(23)33(39)37-19-20-44(41,42)43)22-32(27-6-12-28(13-7-27)35(2,3)4)34(40)38-30-16-10-26(11-17-30)25-8-14-29(36)15-9-25/h5-18,21,32H,19-20,22H2,1-4H3,(H,37,39)(H,38,40)(H,41,42,43). The molecule has 44 heavy (non-hydrogen) atoms. The second-order valence-electron chi connectivity index (χ2n) is 11.9. The summed E-state index contributed by atoms with van der Waals surface area (Å²) in [5.74, 6) is -2.05. The number of benzene rings is 4. The van der Waals surface area contributed by atoms with E-state index in [0.717, 1.165) is 27.8 Å². The van der Waals surface area contributed by atoms with Crippen molar-refractivity contribution >= 4 is 27.6 Å². The Morgan fingerprint density at radius 1 is 0.864 bits per heavy atom. The third-order valence-corrected chi connectivity index (χ3v) is 8.17. The van der Waals surface area contributed by atoms with Crippen LogP contribution in [0.15, 0.2) is 91.0 Å². The minimum absolute atomic E-state index is 0.0442. The van der Waals surface area contributed by atoms with Gasteiger partial charge in [-0.05, 0) is 82.5 Å². The Kier molecular flexibility index (Phi) is 10.0. The zero-order valence-electron chi connectivity index (χ0n) is 25.2. The lowest BCUT2D eigenvalue weighted by Gasteiger charge is -2.22. The summed E-state index contributed by atoms with van der Waals surface area (Å²) in [6, 6.07) is 26.9. The van der Waals surface area contributed by atoms with Gasteiger partial charge in [-0.3, -0.25) is 14.1 Å². The van der Waals surface area contributed by atoms with E-state index >= 15 is 0 Å². The van der Waals surface area contributed by atoms with Gasteiger partial charge in [-0.2, -0.15) is 8.42 Å². The van der Waals surface area contributed by atoms with Gasteiger partial charge in [0, 0.05) is 17.8 Å². The number of hydrogen-bond acceptors (Lipinski definition) is 4. The van der Waals surface area contributed by atoms with Crippen molar-refractivity contribution in [3.63, 3.8) is 0 Å². The fourth-order valence-electron chi connectivity index (χ4n) is 4.93. The minimum atomic E-state index is -4.18. The minimum Gasteiger partial charge on any atom is -0.351 e. The monoisotopic (exact) mass is 616 g/mol. The largest absolute Gasteiger partial charge is 0.351 e. The highest BCUT2D eigenvalue weighted by molar-refractivity contribution is 7.85. The molecule has 1 unspecified atom stereocenters. The predicted octanol–water partition coefficient (Wildman–Crippen LogP) is 6.68. The summed E-state index contributed by atoms with van der Waals surface area (Å²) >= 11 is 0. The average Bonchev–Trinajstić information content (AvgIpc) is 2.95. The van der Waals surface area contributed by atoms with Crippen molar-refractivity contribution in [3.05, 3.63) is 125 Å². The number of nitrogens with one attached hydrogen (secondary N) is 2. The van der Waals surface area contributed by atoms with Gasteiger partial charge >= 0.3 is 0 Å². The molecule has 4 aromatic rings. The van der Waals surface area contributed by atoms with Crippen LogP contribution in [0.5, 0.6) is 0 Å². The average molecular weight is 617 g/mol. The van der Waals surface area contributed by atoms with Gasteiger partial charge in [-0.15, -0.1) is 0 Å². The summed E-state index contributed by atoms with van der Waals surface area (Å²) in [6.45, 7) is 7.95. The summed E-state index contributed by atoms with van der Waals surface area (Å²) < 4.78 is 44.2. The van der Waals surface area contributed by atoms with Crippen molar-refractivity contribution in [3.8, 4) is 11.1 Å². The van der Waals surface area contributed by atoms with Crippen LogP contribution in [0, 0.1) is 12.7 Å². The van der Waals surface area contributed by atoms with Gasteiger partial charge in [0.1, 0.15) is 5.82 Å². The molecule has 0 aliphatic rings. The lowest BCUT2D eigenvalue weighted by molar-refractivity contribution is -0.117. The second-order valence-corrected chi connectivity index (χ2v) is 13.5. The number of halogens is 1. The molecular weight excluding hydrogens is 579 g/mol. The molecule has 3 N–H and O–H groups in total.